The number of carbonyl (C=O) groups excluding carboxylic acids is 2. The van der Waals surface area contributed by atoms with Gasteiger partial charge in [-0.1, -0.05) is 20.8 Å². The molecule has 0 heterocycles. The van der Waals surface area contributed by atoms with Crippen molar-refractivity contribution in [2.75, 3.05) is 13.1 Å². The molecule has 0 aliphatic heterocycles. The topological polar surface area (TPSA) is 136 Å². The highest BCUT2D eigenvalue weighted by molar-refractivity contribution is 5.86. The molecule has 4 fully saturated rings. The zero-order valence-corrected chi connectivity index (χ0v) is 22.2. The maximum Gasteiger partial charge on any atom is 0.322 e. The van der Waals surface area contributed by atoms with Gasteiger partial charge in [-0.05, 0) is 104 Å². The first kappa shape index (κ1) is 27.4. The first-order valence-corrected chi connectivity index (χ1v) is 14.1. The molecular weight excluding hydrogens is 460 g/mol. The maximum absolute atomic E-state index is 12.3. The molecule has 10 unspecified atom stereocenters. The van der Waals surface area contributed by atoms with Crippen LogP contribution in [0, 0.1) is 46.3 Å². The van der Waals surface area contributed by atoms with Gasteiger partial charge in [0.15, 0.2) is 0 Å². The van der Waals surface area contributed by atoms with Crippen molar-refractivity contribution in [1.29, 1.82) is 0 Å². The molecule has 10 atom stereocenters. The van der Waals surface area contributed by atoms with Crippen LogP contribution in [0.25, 0.3) is 0 Å². The van der Waals surface area contributed by atoms with Gasteiger partial charge in [-0.2, -0.15) is 0 Å². The van der Waals surface area contributed by atoms with Gasteiger partial charge in [-0.25, -0.2) is 0 Å². The standard InChI is InChI=1S/C28H46N2O6/c1-16(4-9-24(33)29-14-25(34)30-15-26(35)36)20-7-8-21-19-6-5-17-12-18(31)10-11-27(17,2)22(19)13-23(32)28(20,21)3/h16-23,31-32H,4-15H2,1-3H3,(H,29,33)(H,30,34)(H,35,36). The van der Waals surface area contributed by atoms with Gasteiger partial charge >= 0.3 is 5.97 Å². The molecule has 4 rings (SSSR count). The summed E-state index contributed by atoms with van der Waals surface area (Å²) in [5.41, 5.74) is 0.0914. The van der Waals surface area contributed by atoms with Gasteiger partial charge in [0.25, 0.3) is 0 Å². The Kier molecular flexibility index (Phi) is 8.06. The van der Waals surface area contributed by atoms with Gasteiger partial charge in [0, 0.05) is 6.42 Å². The number of aliphatic hydroxyl groups is 2. The highest BCUT2D eigenvalue weighted by atomic mass is 16.4. The summed E-state index contributed by atoms with van der Waals surface area (Å²) in [5, 5.41) is 35.4. The number of hydrogen-bond donors (Lipinski definition) is 5. The van der Waals surface area contributed by atoms with Crippen molar-refractivity contribution in [1.82, 2.24) is 10.6 Å². The molecule has 36 heavy (non-hydrogen) atoms. The number of carboxylic acid groups (broad SMARTS) is 1. The second-order valence-corrected chi connectivity index (χ2v) is 12.8. The van der Waals surface area contributed by atoms with Crippen molar-refractivity contribution >= 4 is 17.8 Å². The van der Waals surface area contributed by atoms with Crippen LogP contribution in [0.2, 0.25) is 0 Å². The van der Waals surface area contributed by atoms with E-state index in [1.54, 1.807) is 0 Å². The average molecular weight is 507 g/mol. The molecule has 0 spiro atoms. The van der Waals surface area contributed by atoms with Crippen LogP contribution in [0.3, 0.4) is 0 Å². The summed E-state index contributed by atoms with van der Waals surface area (Å²) >= 11 is 0. The maximum atomic E-state index is 12.3. The molecule has 4 aliphatic carbocycles. The van der Waals surface area contributed by atoms with E-state index in [0.29, 0.717) is 42.4 Å². The lowest BCUT2D eigenvalue weighted by molar-refractivity contribution is -0.175. The van der Waals surface area contributed by atoms with E-state index in [1.165, 1.54) is 12.8 Å². The molecule has 8 heteroatoms. The second-order valence-electron chi connectivity index (χ2n) is 12.8. The summed E-state index contributed by atoms with van der Waals surface area (Å²) in [5.74, 6) is 1.06. The van der Waals surface area contributed by atoms with E-state index in [2.05, 4.69) is 31.4 Å². The molecule has 0 saturated heterocycles. The minimum atomic E-state index is -1.12. The Morgan fingerprint density at radius 1 is 0.917 bits per heavy atom. The van der Waals surface area contributed by atoms with Crippen LogP contribution in [0.15, 0.2) is 0 Å². The summed E-state index contributed by atoms with van der Waals surface area (Å²) < 4.78 is 0. The van der Waals surface area contributed by atoms with Crippen LogP contribution < -0.4 is 10.6 Å². The van der Waals surface area contributed by atoms with Crippen molar-refractivity contribution in [3.05, 3.63) is 0 Å². The fourth-order valence-electron chi connectivity index (χ4n) is 9.22. The van der Waals surface area contributed by atoms with Gasteiger partial charge in [-0.15, -0.1) is 0 Å². The molecule has 0 radical (unpaired) electrons. The fourth-order valence-corrected chi connectivity index (χ4v) is 9.22. The largest absolute Gasteiger partial charge is 0.480 e. The first-order valence-electron chi connectivity index (χ1n) is 14.1. The highest BCUT2D eigenvalue weighted by Crippen LogP contribution is 2.68. The van der Waals surface area contributed by atoms with Crippen molar-refractivity contribution in [2.45, 2.75) is 97.2 Å². The van der Waals surface area contributed by atoms with Crippen LogP contribution in [0.5, 0.6) is 0 Å². The van der Waals surface area contributed by atoms with Crippen LogP contribution in [-0.4, -0.2) is 58.4 Å². The molecule has 5 N–H and O–H groups in total. The first-order chi connectivity index (χ1) is 17.0. The Morgan fingerprint density at radius 2 is 1.64 bits per heavy atom. The van der Waals surface area contributed by atoms with E-state index in [1.807, 2.05) is 0 Å². The summed E-state index contributed by atoms with van der Waals surface area (Å²) in [6.45, 7) is 6.26. The van der Waals surface area contributed by atoms with Crippen molar-refractivity contribution in [3.63, 3.8) is 0 Å². The van der Waals surface area contributed by atoms with Gasteiger partial charge in [0.2, 0.25) is 11.8 Å². The highest BCUT2D eigenvalue weighted by Gasteiger charge is 2.63. The summed E-state index contributed by atoms with van der Waals surface area (Å²) in [4.78, 5) is 34.5. The molecular formula is C28H46N2O6. The van der Waals surface area contributed by atoms with E-state index in [-0.39, 0.29) is 41.4 Å². The number of fused-ring (bicyclic) bond motifs is 5. The zero-order chi connectivity index (χ0) is 26.3. The Labute approximate surface area is 215 Å². The van der Waals surface area contributed by atoms with Crippen molar-refractivity contribution in [3.8, 4) is 0 Å². The number of rotatable bonds is 8. The monoisotopic (exact) mass is 506 g/mol. The predicted octanol–water partition coefficient (Wildman–Crippen LogP) is 2.71. The lowest BCUT2D eigenvalue weighted by atomic mass is 9.43. The minimum Gasteiger partial charge on any atom is -0.480 e. The van der Waals surface area contributed by atoms with Gasteiger partial charge in [0.1, 0.15) is 6.54 Å². The average Bonchev–Trinajstić information content (AvgIpc) is 3.19. The van der Waals surface area contributed by atoms with Crippen molar-refractivity contribution in [2.24, 2.45) is 46.3 Å². The number of nitrogens with one attached hydrogen (secondary N) is 2. The molecule has 4 saturated carbocycles. The third-order valence-electron chi connectivity index (χ3n) is 11.2. The van der Waals surface area contributed by atoms with E-state index in [9.17, 15) is 24.6 Å². The number of carbonyl (C=O) groups is 3. The van der Waals surface area contributed by atoms with E-state index >= 15 is 0 Å². The third-order valence-corrected chi connectivity index (χ3v) is 11.2. The summed E-state index contributed by atoms with van der Waals surface area (Å²) in [6, 6.07) is 0. The molecule has 0 aromatic rings. The Balaban J connectivity index is 1.34. The molecule has 8 nitrogen and oxygen atoms in total. The Hall–Kier alpha value is -1.67. The number of aliphatic carboxylic acids is 1. The van der Waals surface area contributed by atoms with Crippen LogP contribution in [-0.2, 0) is 14.4 Å². The number of aliphatic hydroxyl groups excluding tert-OH is 2. The summed E-state index contributed by atoms with van der Waals surface area (Å²) in [6.07, 6.45) is 8.87. The van der Waals surface area contributed by atoms with Crippen molar-refractivity contribution < 1.29 is 29.7 Å². The van der Waals surface area contributed by atoms with E-state index < -0.39 is 18.4 Å². The summed E-state index contributed by atoms with van der Waals surface area (Å²) in [7, 11) is 0. The molecule has 0 aromatic carbocycles. The van der Waals surface area contributed by atoms with Gasteiger partial charge < -0.3 is 26.0 Å². The lowest BCUT2D eigenvalue weighted by Gasteiger charge is -2.62. The van der Waals surface area contributed by atoms with E-state index in [0.717, 1.165) is 38.5 Å². The number of carboxylic acids is 1. The Bertz CT molecular complexity index is 850. The zero-order valence-electron chi connectivity index (χ0n) is 22.2. The lowest BCUT2D eigenvalue weighted by Crippen LogP contribution is -2.58. The smallest absolute Gasteiger partial charge is 0.322 e. The quantitative estimate of drug-likeness (QED) is 0.343. The van der Waals surface area contributed by atoms with E-state index in [4.69, 9.17) is 5.11 Å². The number of hydrogen-bond acceptors (Lipinski definition) is 5. The normalized spacial score (nSPS) is 42.4. The predicted molar refractivity (Wildman–Crippen MR) is 135 cm³/mol. The van der Waals surface area contributed by atoms with Gasteiger partial charge in [-0.3, -0.25) is 14.4 Å². The molecule has 2 amide bonds. The van der Waals surface area contributed by atoms with Crippen LogP contribution in [0.1, 0.15) is 85.0 Å². The SMILES string of the molecule is CC(CCC(=O)NCC(=O)NCC(=O)O)C1CCC2C3CCC4CC(O)CCC4(C)C3CC(O)C12C. The van der Waals surface area contributed by atoms with Gasteiger partial charge in [0.05, 0.1) is 18.8 Å². The number of amides is 2. The second kappa shape index (κ2) is 10.6. The third kappa shape index (κ3) is 5.04. The fraction of sp³-hybridized carbons (Fsp3) is 0.893. The minimum absolute atomic E-state index is 0.134. The van der Waals surface area contributed by atoms with Crippen LogP contribution in [0.4, 0.5) is 0 Å². The molecule has 4 aliphatic rings. The molecule has 0 aromatic heterocycles. The molecule has 0 bridgehead atoms. The molecule has 204 valence electrons. The Morgan fingerprint density at radius 3 is 2.36 bits per heavy atom. The van der Waals surface area contributed by atoms with Crippen LogP contribution >= 0.6 is 0 Å².